The SMILES string of the molecule is Cc1cc(Cl)cc(C(=O)Cc2ccc(I)cc2)c1. The lowest BCUT2D eigenvalue weighted by molar-refractivity contribution is 0.0993. The highest BCUT2D eigenvalue weighted by atomic mass is 127. The zero-order valence-corrected chi connectivity index (χ0v) is 12.8. The van der Waals surface area contributed by atoms with Crippen LogP contribution in [-0.4, -0.2) is 5.78 Å². The summed E-state index contributed by atoms with van der Waals surface area (Å²) in [6, 6.07) is 13.4. The van der Waals surface area contributed by atoms with E-state index in [9.17, 15) is 4.79 Å². The quantitative estimate of drug-likeness (QED) is 0.566. The van der Waals surface area contributed by atoms with Crippen LogP contribution in [0.3, 0.4) is 0 Å². The molecule has 0 aliphatic rings. The summed E-state index contributed by atoms with van der Waals surface area (Å²) in [5.41, 5.74) is 2.71. The number of benzene rings is 2. The number of rotatable bonds is 3. The zero-order valence-electron chi connectivity index (χ0n) is 9.91. The van der Waals surface area contributed by atoms with E-state index in [-0.39, 0.29) is 5.78 Å². The molecule has 18 heavy (non-hydrogen) atoms. The Morgan fingerprint density at radius 2 is 1.83 bits per heavy atom. The third-order valence-electron chi connectivity index (χ3n) is 2.64. The van der Waals surface area contributed by atoms with E-state index in [2.05, 4.69) is 22.6 Å². The van der Waals surface area contributed by atoms with E-state index in [4.69, 9.17) is 11.6 Å². The van der Waals surface area contributed by atoms with Crippen molar-refractivity contribution in [3.8, 4) is 0 Å². The van der Waals surface area contributed by atoms with Crippen LogP contribution in [-0.2, 0) is 6.42 Å². The minimum atomic E-state index is 0.0989. The third kappa shape index (κ3) is 3.56. The van der Waals surface area contributed by atoms with Crippen molar-refractivity contribution in [2.45, 2.75) is 13.3 Å². The summed E-state index contributed by atoms with van der Waals surface area (Å²) in [7, 11) is 0. The monoisotopic (exact) mass is 370 g/mol. The van der Waals surface area contributed by atoms with Crippen LogP contribution in [0.15, 0.2) is 42.5 Å². The summed E-state index contributed by atoms with van der Waals surface area (Å²) < 4.78 is 1.17. The first kappa shape index (κ1) is 13.6. The predicted octanol–water partition coefficient (Wildman–Crippen LogP) is 4.68. The van der Waals surface area contributed by atoms with E-state index in [0.717, 1.165) is 11.1 Å². The van der Waals surface area contributed by atoms with Gasteiger partial charge in [-0.25, -0.2) is 0 Å². The van der Waals surface area contributed by atoms with Gasteiger partial charge in [0, 0.05) is 20.6 Å². The van der Waals surface area contributed by atoms with Crippen LogP contribution < -0.4 is 0 Å². The van der Waals surface area contributed by atoms with Crippen LogP contribution in [0.2, 0.25) is 5.02 Å². The molecule has 3 heteroatoms. The fourth-order valence-electron chi connectivity index (χ4n) is 1.79. The number of halogens is 2. The van der Waals surface area contributed by atoms with Crippen LogP contribution >= 0.6 is 34.2 Å². The van der Waals surface area contributed by atoms with Crippen molar-refractivity contribution in [2.75, 3.05) is 0 Å². The summed E-state index contributed by atoms with van der Waals surface area (Å²) in [6.07, 6.45) is 0.413. The summed E-state index contributed by atoms with van der Waals surface area (Å²) >= 11 is 8.21. The Kier molecular flexibility index (Phi) is 4.40. The molecule has 0 aliphatic carbocycles. The highest BCUT2D eigenvalue weighted by Gasteiger charge is 2.08. The van der Waals surface area contributed by atoms with Gasteiger partial charge in [0.2, 0.25) is 0 Å². The molecule has 0 aromatic heterocycles. The fourth-order valence-corrected chi connectivity index (χ4v) is 2.44. The Morgan fingerprint density at radius 1 is 1.17 bits per heavy atom. The third-order valence-corrected chi connectivity index (χ3v) is 3.58. The Balaban J connectivity index is 2.19. The molecule has 0 aliphatic heterocycles. The van der Waals surface area contributed by atoms with Gasteiger partial charge < -0.3 is 0 Å². The highest BCUT2D eigenvalue weighted by molar-refractivity contribution is 14.1. The number of carbonyl (C=O) groups excluding carboxylic acids is 1. The maximum Gasteiger partial charge on any atom is 0.167 e. The number of Topliss-reactive ketones (excluding diaryl/α,β-unsaturated/α-hetero) is 1. The van der Waals surface area contributed by atoms with Gasteiger partial charge in [-0.05, 0) is 71.0 Å². The van der Waals surface area contributed by atoms with Gasteiger partial charge in [-0.2, -0.15) is 0 Å². The van der Waals surface area contributed by atoms with E-state index in [1.807, 2.05) is 43.3 Å². The molecule has 0 unspecified atom stereocenters. The van der Waals surface area contributed by atoms with Gasteiger partial charge in [-0.1, -0.05) is 23.7 Å². The number of aryl methyl sites for hydroxylation is 1. The van der Waals surface area contributed by atoms with Crippen molar-refractivity contribution in [2.24, 2.45) is 0 Å². The first-order chi connectivity index (χ1) is 8.54. The summed E-state index contributed by atoms with van der Waals surface area (Å²) in [6.45, 7) is 1.94. The lowest BCUT2D eigenvalue weighted by Gasteiger charge is -2.04. The first-order valence-electron chi connectivity index (χ1n) is 5.59. The van der Waals surface area contributed by atoms with Crippen LogP contribution in [0.25, 0.3) is 0 Å². The molecule has 2 rings (SSSR count). The van der Waals surface area contributed by atoms with Crippen LogP contribution in [0.4, 0.5) is 0 Å². The van der Waals surface area contributed by atoms with Crippen molar-refractivity contribution in [3.63, 3.8) is 0 Å². The Bertz CT molecular complexity index is 555. The molecule has 0 amide bonds. The molecule has 0 radical (unpaired) electrons. The van der Waals surface area contributed by atoms with Gasteiger partial charge in [0.05, 0.1) is 0 Å². The Morgan fingerprint density at radius 3 is 2.44 bits per heavy atom. The fraction of sp³-hybridized carbons (Fsp3) is 0.133. The molecule has 0 heterocycles. The van der Waals surface area contributed by atoms with Crippen LogP contribution in [0, 0.1) is 10.5 Å². The second-order valence-corrected chi connectivity index (χ2v) is 5.93. The van der Waals surface area contributed by atoms with Gasteiger partial charge in [0.25, 0.3) is 0 Å². The maximum atomic E-state index is 12.1. The Hall–Kier alpha value is -0.870. The molecule has 0 atom stereocenters. The van der Waals surface area contributed by atoms with Gasteiger partial charge in [0.15, 0.2) is 5.78 Å². The summed E-state index contributed by atoms with van der Waals surface area (Å²) in [5.74, 6) is 0.0989. The molecule has 0 bridgehead atoms. The molecule has 2 aromatic carbocycles. The second kappa shape index (κ2) is 5.85. The highest BCUT2D eigenvalue weighted by Crippen LogP contribution is 2.17. The lowest BCUT2D eigenvalue weighted by Crippen LogP contribution is -2.03. The molecule has 0 fully saturated rings. The van der Waals surface area contributed by atoms with E-state index < -0.39 is 0 Å². The van der Waals surface area contributed by atoms with E-state index in [1.165, 1.54) is 3.57 Å². The standard InChI is InChI=1S/C15H12ClIO/c1-10-6-12(9-13(16)7-10)15(18)8-11-2-4-14(17)5-3-11/h2-7,9H,8H2,1H3. The van der Waals surface area contributed by atoms with Crippen molar-refractivity contribution in [1.82, 2.24) is 0 Å². The van der Waals surface area contributed by atoms with Crippen molar-refractivity contribution < 1.29 is 4.79 Å². The molecule has 0 spiro atoms. The maximum absolute atomic E-state index is 12.1. The smallest absolute Gasteiger partial charge is 0.167 e. The van der Waals surface area contributed by atoms with Gasteiger partial charge in [-0.3, -0.25) is 4.79 Å². The molecule has 0 saturated heterocycles. The number of carbonyl (C=O) groups is 1. The minimum absolute atomic E-state index is 0.0989. The number of ketones is 1. The van der Waals surface area contributed by atoms with Crippen LogP contribution in [0.5, 0.6) is 0 Å². The average Bonchev–Trinajstić information content (AvgIpc) is 2.31. The van der Waals surface area contributed by atoms with Crippen molar-refractivity contribution in [3.05, 3.63) is 67.7 Å². The second-order valence-electron chi connectivity index (χ2n) is 4.24. The van der Waals surface area contributed by atoms with E-state index in [0.29, 0.717) is 17.0 Å². The molecule has 2 aromatic rings. The molecular formula is C15H12ClIO. The molecule has 1 nitrogen and oxygen atoms in total. The summed E-state index contributed by atoms with van der Waals surface area (Å²) in [4.78, 5) is 12.1. The number of hydrogen-bond acceptors (Lipinski definition) is 1. The lowest BCUT2D eigenvalue weighted by atomic mass is 10.0. The molecule has 92 valence electrons. The first-order valence-corrected chi connectivity index (χ1v) is 7.05. The van der Waals surface area contributed by atoms with Crippen LogP contribution in [0.1, 0.15) is 21.5 Å². The van der Waals surface area contributed by atoms with E-state index in [1.54, 1.807) is 6.07 Å². The Labute approximate surface area is 125 Å². The largest absolute Gasteiger partial charge is 0.294 e. The summed E-state index contributed by atoms with van der Waals surface area (Å²) in [5, 5.41) is 0.612. The van der Waals surface area contributed by atoms with Gasteiger partial charge in [0.1, 0.15) is 0 Å². The normalized spacial score (nSPS) is 10.4. The zero-order chi connectivity index (χ0) is 13.1. The van der Waals surface area contributed by atoms with Gasteiger partial charge >= 0.3 is 0 Å². The minimum Gasteiger partial charge on any atom is -0.294 e. The molecule has 0 saturated carbocycles. The number of hydrogen-bond donors (Lipinski definition) is 0. The van der Waals surface area contributed by atoms with Gasteiger partial charge in [-0.15, -0.1) is 0 Å². The van der Waals surface area contributed by atoms with E-state index >= 15 is 0 Å². The average molecular weight is 371 g/mol. The molecular weight excluding hydrogens is 359 g/mol. The van der Waals surface area contributed by atoms with Crippen molar-refractivity contribution in [1.29, 1.82) is 0 Å². The topological polar surface area (TPSA) is 17.1 Å². The predicted molar refractivity (Wildman–Crippen MR) is 83.4 cm³/mol. The van der Waals surface area contributed by atoms with Crippen molar-refractivity contribution >= 4 is 40.0 Å². The molecule has 0 N–H and O–H groups in total.